The third-order valence-electron chi connectivity index (χ3n) is 4.26. The number of amides is 1. The van der Waals surface area contributed by atoms with Crippen molar-refractivity contribution in [2.75, 3.05) is 7.11 Å². The van der Waals surface area contributed by atoms with Gasteiger partial charge >= 0.3 is 12.1 Å². The summed E-state index contributed by atoms with van der Waals surface area (Å²) in [5.41, 5.74) is 0.840. The first kappa shape index (κ1) is 23.9. The van der Waals surface area contributed by atoms with Crippen LogP contribution >= 0.6 is 0 Å². The number of hydrogen-bond donors (Lipinski definition) is 1. The number of benzene rings is 2. The third-order valence-corrected chi connectivity index (χ3v) is 4.26. The van der Waals surface area contributed by atoms with E-state index in [4.69, 9.17) is 14.2 Å². The van der Waals surface area contributed by atoms with Gasteiger partial charge in [0.25, 0.3) is 0 Å². The van der Waals surface area contributed by atoms with Crippen molar-refractivity contribution in [1.82, 2.24) is 5.32 Å². The second kappa shape index (κ2) is 11.2. The molecule has 2 aromatic rings. The summed E-state index contributed by atoms with van der Waals surface area (Å²) in [7, 11) is 1.22. The van der Waals surface area contributed by atoms with E-state index in [-0.39, 0.29) is 18.6 Å². The Morgan fingerprint density at radius 1 is 0.968 bits per heavy atom. The maximum atomic E-state index is 12.5. The van der Waals surface area contributed by atoms with Crippen molar-refractivity contribution in [3.63, 3.8) is 0 Å². The molecule has 7 heteroatoms. The Kier molecular flexibility index (Phi) is 8.61. The fraction of sp³-hybridized carbons (Fsp3) is 0.375. The quantitative estimate of drug-likeness (QED) is 0.474. The van der Waals surface area contributed by atoms with Gasteiger partial charge in [-0.1, -0.05) is 30.3 Å². The first-order valence-corrected chi connectivity index (χ1v) is 10.1. The zero-order valence-corrected chi connectivity index (χ0v) is 18.3. The van der Waals surface area contributed by atoms with E-state index in [0.717, 1.165) is 5.56 Å². The fourth-order valence-electron chi connectivity index (χ4n) is 2.74. The summed E-state index contributed by atoms with van der Waals surface area (Å²) in [4.78, 5) is 36.5. The highest BCUT2D eigenvalue weighted by Crippen LogP contribution is 2.16. The zero-order valence-electron chi connectivity index (χ0n) is 18.3. The molecule has 0 saturated heterocycles. The first-order chi connectivity index (χ1) is 14.7. The summed E-state index contributed by atoms with van der Waals surface area (Å²) in [6.45, 7) is 5.59. The van der Waals surface area contributed by atoms with Crippen LogP contribution < -0.4 is 10.1 Å². The Balaban J connectivity index is 1.89. The number of ketones is 1. The molecule has 0 bridgehead atoms. The van der Waals surface area contributed by atoms with Crippen molar-refractivity contribution < 1.29 is 28.6 Å². The monoisotopic (exact) mass is 427 g/mol. The van der Waals surface area contributed by atoms with Gasteiger partial charge in [0.05, 0.1) is 7.11 Å². The van der Waals surface area contributed by atoms with E-state index in [0.29, 0.717) is 17.9 Å². The smallest absolute Gasteiger partial charge is 0.408 e. The van der Waals surface area contributed by atoms with Gasteiger partial charge in [0, 0.05) is 12.0 Å². The molecule has 1 unspecified atom stereocenters. The number of carbonyl (C=O) groups is 3. The van der Waals surface area contributed by atoms with Crippen LogP contribution in [0.2, 0.25) is 0 Å². The van der Waals surface area contributed by atoms with Crippen LogP contribution in [0.1, 0.15) is 49.5 Å². The molecule has 0 aliphatic carbocycles. The average molecular weight is 427 g/mol. The summed E-state index contributed by atoms with van der Waals surface area (Å²) in [5, 5.41) is 2.46. The summed E-state index contributed by atoms with van der Waals surface area (Å²) >= 11 is 0. The molecule has 31 heavy (non-hydrogen) atoms. The number of ether oxygens (including phenoxy) is 3. The molecule has 2 aromatic carbocycles. The molecule has 0 aliphatic heterocycles. The molecule has 1 N–H and O–H groups in total. The number of esters is 1. The van der Waals surface area contributed by atoms with Gasteiger partial charge < -0.3 is 19.5 Å². The third kappa shape index (κ3) is 8.50. The van der Waals surface area contributed by atoms with Crippen molar-refractivity contribution in [1.29, 1.82) is 0 Å². The predicted molar refractivity (Wildman–Crippen MR) is 116 cm³/mol. The van der Waals surface area contributed by atoms with Crippen molar-refractivity contribution >= 4 is 17.8 Å². The number of rotatable bonds is 9. The van der Waals surface area contributed by atoms with Crippen LogP contribution in [0.4, 0.5) is 4.79 Å². The zero-order chi connectivity index (χ0) is 22.9. The molecule has 0 heterocycles. The highest BCUT2D eigenvalue weighted by molar-refractivity contribution is 5.96. The number of methoxy groups -OCH3 is 1. The molecule has 1 amide bonds. The lowest BCUT2D eigenvalue weighted by Crippen LogP contribution is -2.44. The topological polar surface area (TPSA) is 90.9 Å². The maximum Gasteiger partial charge on any atom is 0.408 e. The molecule has 2 rings (SSSR count). The summed E-state index contributed by atoms with van der Waals surface area (Å²) in [6, 6.07) is 15.6. The molecule has 0 spiro atoms. The van der Waals surface area contributed by atoms with E-state index in [9.17, 15) is 14.4 Å². The van der Waals surface area contributed by atoms with Crippen LogP contribution in [-0.4, -0.2) is 36.6 Å². The maximum absolute atomic E-state index is 12.5. The minimum absolute atomic E-state index is 0.0553. The molecule has 1 atom stereocenters. The molecule has 0 aliphatic rings. The lowest BCUT2D eigenvalue weighted by molar-refractivity contribution is -0.143. The Morgan fingerprint density at radius 2 is 1.61 bits per heavy atom. The highest BCUT2D eigenvalue weighted by Gasteiger charge is 2.25. The number of hydrogen-bond acceptors (Lipinski definition) is 6. The summed E-state index contributed by atoms with van der Waals surface area (Å²) in [6.07, 6.45) is -0.591. The van der Waals surface area contributed by atoms with E-state index >= 15 is 0 Å². The van der Waals surface area contributed by atoms with E-state index in [2.05, 4.69) is 5.32 Å². The lowest BCUT2D eigenvalue weighted by atomic mass is 10.0. The van der Waals surface area contributed by atoms with E-state index in [1.807, 2.05) is 30.3 Å². The average Bonchev–Trinajstić information content (AvgIpc) is 2.74. The lowest BCUT2D eigenvalue weighted by Gasteiger charge is -2.22. The van der Waals surface area contributed by atoms with E-state index in [1.165, 1.54) is 7.11 Å². The van der Waals surface area contributed by atoms with Gasteiger partial charge in [0.1, 0.15) is 24.0 Å². The van der Waals surface area contributed by atoms with Gasteiger partial charge in [-0.15, -0.1) is 0 Å². The number of alkyl carbamates (subject to hydrolysis) is 1. The second-order valence-corrected chi connectivity index (χ2v) is 7.98. The number of carbonyl (C=O) groups excluding carboxylic acids is 3. The second-order valence-electron chi connectivity index (χ2n) is 7.98. The minimum atomic E-state index is -0.975. The first-order valence-electron chi connectivity index (χ1n) is 10.1. The number of Topliss-reactive ketones (excluding diaryl/α,β-unsaturated/α-hetero) is 1. The van der Waals surface area contributed by atoms with Crippen LogP contribution in [0.15, 0.2) is 54.6 Å². The Hall–Kier alpha value is -3.35. The Labute approximate surface area is 182 Å². The molecular formula is C24H29NO6. The van der Waals surface area contributed by atoms with Gasteiger partial charge in [-0.3, -0.25) is 4.79 Å². The minimum Gasteiger partial charge on any atom is -0.489 e. The van der Waals surface area contributed by atoms with Crippen molar-refractivity contribution in [2.24, 2.45) is 0 Å². The highest BCUT2D eigenvalue weighted by atomic mass is 16.6. The van der Waals surface area contributed by atoms with Crippen LogP contribution in [0.5, 0.6) is 5.75 Å². The molecule has 0 radical (unpaired) electrons. The molecule has 0 fully saturated rings. The van der Waals surface area contributed by atoms with Crippen molar-refractivity contribution in [3.05, 3.63) is 65.7 Å². The molecule has 166 valence electrons. The van der Waals surface area contributed by atoms with E-state index in [1.54, 1.807) is 45.0 Å². The Morgan fingerprint density at radius 3 is 2.19 bits per heavy atom. The van der Waals surface area contributed by atoms with E-state index < -0.39 is 23.7 Å². The van der Waals surface area contributed by atoms with Crippen molar-refractivity contribution in [2.45, 2.75) is 51.9 Å². The van der Waals surface area contributed by atoms with Crippen LogP contribution in [0.3, 0.4) is 0 Å². The normalized spacial score (nSPS) is 11.9. The predicted octanol–water partition coefficient (Wildman–Crippen LogP) is 4.29. The fourth-order valence-corrected chi connectivity index (χ4v) is 2.74. The van der Waals surface area contributed by atoms with Crippen molar-refractivity contribution in [3.8, 4) is 5.75 Å². The van der Waals surface area contributed by atoms with Gasteiger partial charge in [-0.25, -0.2) is 9.59 Å². The van der Waals surface area contributed by atoms with Gasteiger partial charge in [-0.2, -0.15) is 0 Å². The standard InChI is InChI=1S/C24H29NO6/c1-24(2,3)31-23(28)25-20(22(27)29-4)14-15-21(26)18-10-12-19(13-11-18)30-16-17-8-6-5-7-9-17/h5-13,20H,14-16H2,1-4H3,(H,25,28). The summed E-state index contributed by atoms with van der Waals surface area (Å²) in [5.74, 6) is -0.141. The van der Waals surface area contributed by atoms with Gasteiger partial charge in [0.15, 0.2) is 5.78 Å². The molecule has 0 saturated carbocycles. The molecule has 0 aromatic heterocycles. The van der Waals surface area contributed by atoms with Crippen LogP contribution in [0.25, 0.3) is 0 Å². The SMILES string of the molecule is COC(=O)C(CCC(=O)c1ccc(OCc2ccccc2)cc1)NC(=O)OC(C)(C)C. The summed E-state index contributed by atoms with van der Waals surface area (Å²) < 4.78 is 15.6. The largest absolute Gasteiger partial charge is 0.489 e. The van der Waals surface area contributed by atoms with Crippen LogP contribution in [0, 0.1) is 0 Å². The van der Waals surface area contributed by atoms with Crippen LogP contribution in [-0.2, 0) is 20.9 Å². The number of nitrogens with one attached hydrogen (secondary N) is 1. The Bertz CT molecular complexity index is 871. The molecule has 7 nitrogen and oxygen atoms in total. The van der Waals surface area contributed by atoms with Gasteiger partial charge in [0.2, 0.25) is 0 Å². The molecular weight excluding hydrogens is 398 g/mol. The van der Waals surface area contributed by atoms with Gasteiger partial charge in [-0.05, 0) is 57.0 Å².